The third-order valence-corrected chi connectivity index (χ3v) is 6.09. The van der Waals surface area contributed by atoms with Crippen LogP contribution in [0.4, 0.5) is 10.2 Å². The highest BCUT2D eigenvalue weighted by molar-refractivity contribution is 9.10. The summed E-state index contributed by atoms with van der Waals surface area (Å²) in [4.78, 5) is 11.2. The Morgan fingerprint density at radius 2 is 1.88 bits per heavy atom. The largest absolute Gasteiger partial charge is 0.437 e. The molecule has 4 rings (SSSR count). The van der Waals surface area contributed by atoms with Crippen LogP contribution >= 0.6 is 15.9 Å². The zero-order valence-corrected chi connectivity index (χ0v) is 20.4. The van der Waals surface area contributed by atoms with E-state index in [0.717, 1.165) is 38.0 Å². The summed E-state index contributed by atoms with van der Waals surface area (Å²) in [5.74, 6) is 1.16. The van der Waals surface area contributed by atoms with Crippen LogP contribution in [0.15, 0.2) is 53.1 Å². The monoisotopic (exact) mass is 535 g/mol. The molecule has 0 radical (unpaired) electrons. The molecule has 0 bridgehead atoms. The lowest BCUT2D eigenvalue weighted by molar-refractivity contribution is 0.311. The second kappa shape index (κ2) is 10.1. The number of anilines is 1. The van der Waals surface area contributed by atoms with Gasteiger partial charge in [0.15, 0.2) is 0 Å². The normalized spacial score (nSPS) is 14.3. The quantitative estimate of drug-likeness (QED) is 0.379. The molecule has 0 aliphatic carbocycles. The summed E-state index contributed by atoms with van der Waals surface area (Å²) >= 11 is 3.28. The van der Waals surface area contributed by atoms with Gasteiger partial charge >= 0.3 is 0 Å². The first-order valence-electron chi connectivity index (χ1n) is 10.5. The van der Waals surface area contributed by atoms with Crippen molar-refractivity contribution in [3.63, 3.8) is 0 Å². The first kappa shape index (κ1) is 23.6. The molecule has 1 aliphatic rings. The minimum absolute atomic E-state index is 0.201. The van der Waals surface area contributed by atoms with Gasteiger partial charge in [-0.3, -0.25) is 4.18 Å². The van der Waals surface area contributed by atoms with Crippen LogP contribution in [-0.2, 0) is 20.9 Å². The second-order valence-corrected chi connectivity index (χ2v) is 10.4. The van der Waals surface area contributed by atoms with Crippen molar-refractivity contribution in [2.75, 3.05) is 24.2 Å². The molecule has 2 aromatic heterocycles. The number of nitrogens with zero attached hydrogens (tertiary/aromatic N) is 3. The van der Waals surface area contributed by atoms with Gasteiger partial charge in [-0.25, -0.2) is 14.4 Å². The standard InChI is InChI=1S/C23H23BrFN3O4S/c1-33(29,30)31-15-16-9-21(17-11-18(24)13-19(25)12-17)27-23(10-16)32-20-5-6-22(26-14-20)28-7-3-2-4-8-28/h5-6,9-14H,2-4,7-8,15H2,1H3. The summed E-state index contributed by atoms with van der Waals surface area (Å²) in [6.07, 6.45) is 6.17. The summed E-state index contributed by atoms with van der Waals surface area (Å²) in [7, 11) is -3.64. The molecule has 0 atom stereocenters. The van der Waals surface area contributed by atoms with Gasteiger partial charge in [0, 0.05) is 29.2 Å². The van der Waals surface area contributed by atoms with Gasteiger partial charge in [-0.1, -0.05) is 15.9 Å². The third-order valence-electron chi connectivity index (χ3n) is 5.08. The highest BCUT2D eigenvalue weighted by Crippen LogP contribution is 2.29. The Hall–Kier alpha value is -2.56. The Morgan fingerprint density at radius 1 is 1.09 bits per heavy atom. The van der Waals surface area contributed by atoms with Crippen molar-refractivity contribution < 1.29 is 21.7 Å². The molecule has 0 amide bonds. The van der Waals surface area contributed by atoms with Crippen molar-refractivity contribution >= 4 is 31.9 Å². The predicted molar refractivity (Wildman–Crippen MR) is 127 cm³/mol. The van der Waals surface area contributed by atoms with Gasteiger partial charge in [0.25, 0.3) is 10.1 Å². The minimum Gasteiger partial charge on any atom is -0.437 e. The molecular weight excluding hydrogens is 513 g/mol. The second-order valence-electron chi connectivity index (χ2n) is 7.83. The van der Waals surface area contributed by atoms with Crippen molar-refractivity contribution in [2.24, 2.45) is 0 Å². The van der Waals surface area contributed by atoms with Gasteiger partial charge in [-0.05, 0) is 61.2 Å². The fourth-order valence-corrected chi connectivity index (χ4v) is 4.40. The zero-order valence-electron chi connectivity index (χ0n) is 18.0. The molecule has 33 heavy (non-hydrogen) atoms. The van der Waals surface area contributed by atoms with E-state index in [1.165, 1.54) is 18.6 Å². The maximum absolute atomic E-state index is 14.0. The van der Waals surface area contributed by atoms with Gasteiger partial charge in [-0.2, -0.15) is 8.42 Å². The fourth-order valence-electron chi connectivity index (χ4n) is 3.58. The average molecular weight is 536 g/mol. The van der Waals surface area contributed by atoms with Crippen molar-refractivity contribution in [3.05, 3.63) is 64.5 Å². The number of benzene rings is 1. The van der Waals surface area contributed by atoms with E-state index in [1.807, 2.05) is 12.1 Å². The minimum atomic E-state index is -3.64. The fraction of sp³-hybridized carbons (Fsp3) is 0.304. The first-order chi connectivity index (χ1) is 15.7. The lowest BCUT2D eigenvalue weighted by Crippen LogP contribution is -2.29. The summed E-state index contributed by atoms with van der Waals surface area (Å²) in [5, 5.41) is 0. The molecule has 0 saturated carbocycles. The number of ether oxygens (including phenoxy) is 1. The number of pyridine rings is 2. The van der Waals surface area contributed by atoms with Crippen molar-refractivity contribution in [2.45, 2.75) is 25.9 Å². The molecule has 1 fully saturated rings. The van der Waals surface area contributed by atoms with E-state index in [4.69, 9.17) is 8.92 Å². The molecule has 0 spiro atoms. The van der Waals surface area contributed by atoms with Crippen LogP contribution in [0.25, 0.3) is 11.3 Å². The molecule has 3 aromatic rings. The Bertz CT molecular complexity index is 1210. The maximum atomic E-state index is 14.0. The van der Waals surface area contributed by atoms with Crippen molar-refractivity contribution in [1.29, 1.82) is 0 Å². The van der Waals surface area contributed by atoms with Gasteiger partial charge < -0.3 is 9.64 Å². The maximum Gasteiger partial charge on any atom is 0.264 e. The highest BCUT2D eigenvalue weighted by atomic mass is 79.9. The Kier molecular flexibility index (Phi) is 7.26. The molecule has 3 heterocycles. The predicted octanol–water partition coefficient (Wildman–Crippen LogP) is 5.30. The van der Waals surface area contributed by atoms with Crippen LogP contribution < -0.4 is 9.64 Å². The van der Waals surface area contributed by atoms with Crippen LogP contribution in [0.3, 0.4) is 0 Å². The van der Waals surface area contributed by atoms with Gasteiger partial charge in [0.1, 0.15) is 17.4 Å². The summed E-state index contributed by atoms with van der Waals surface area (Å²) < 4.78 is 48.2. The van der Waals surface area contributed by atoms with Crippen LogP contribution in [0, 0.1) is 5.82 Å². The smallest absolute Gasteiger partial charge is 0.264 e. The summed E-state index contributed by atoms with van der Waals surface area (Å²) in [5.41, 5.74) is 1.43. The van der Waals surface area contributed by atoms with E-state index >= 15 is 0 Å². The number of hydrogen-bond acceptors (Lipinski definition) is 7. The van der Waals surface area contributed by atoms with Crippen LogP contribution in [0.1, 0.15) is 24.8 Å². The summed E-state index contributed by atoms with van der Waals surface area (Å²) in [6, 6.07) is 11.3. The van der Waals surface area contributed by atoms with Gasteiger partial charge in [-0.15, -0.1) is 0 Å². The summed E-state index contributed by atoms with van der Waals surface area (Å²) in [6.45, 7) is 1.78. The van der Waals surface area contributed by atoms with Crippen molar-refractivity contribution in [3.8, 4) is 22.9 Å². The lowest BCUT2D eigenvalue weighted by atomic mass is 10.1. The van der Waals surface area contributed by atoms with Gasteiger partial charge in [0.2, 0.25) is 5.88 Å². The molecule has 174 valence electrons. The Balaban J connectivity index is 1.61. The average Bonchev–Trinajstić information content (AvgIpc) is 2.78. The number of hydrogen-bond donors (Lipinski definition) is 0. The molecule has 1 saturated heterocycles. The molecule has 1 aromatic carbocycles. The zero-order chi connectivity index (χ0) is 23.4. The molecule has 7 nitrogen and oxygen atoms in total. The molecule has 0 unspecified atom stereocenters. The topological polar surface area (TPSA) is 81.6 Å². The Morgan fingerprint density at radius 3 is 2.55 bits per heavy atom. The number of halogens is 2. The number of aromatic nitrogens is 2. The van der Waals surface area contributed by atoms with Gasteiger partial charge in [0.05, 0.1) is 24.8 Å². The number of rotatable bonds is 7. The van der Waals surface area contributed by atoms with E-state index in [-0.39, 0.29) is 12.5 Å². The van der Waals surface area contributed by atoms with E-state index in [0.29, 0.717) is 27.0 Å². The lowest BCUT2D eigenvalue weighted by Gasteiger charge is -2.27. The SMILES string of the molecule is CS(=O)(=O)OCc1cc(Oc2ccc(N3CCCCC3)nc2)nc(-c2cc(F)cc(Br)c2)c1. The van der Waals surface area contributed by atoms with E-state index in [1.54, 1.807) is 24.4 Å². The highest BCUT2D eigenvalue weighted by Gasteiger charge is 2.14. The van der Waals surface area contributed by atoms with E-state index in [2.05, 4.69) is 30.8 Å². The number of piperidine rings is 1. The molecular formula is C23H23BrFN3O4S. The molecule has 1 aliphatic heterocycles. The van der Waals surface area contributed by atoms with Crippen LogP contribution in [0.5, 0.6) is 11.6 Å². The Labute approximate surface area is 200 Å². The van der Waals surface area contributed by atoms with E-state index < -0.39 is 15.9 Å². The van der Waals surface area contributed by atoms with Crippen LogP contribution in [-0.4, -0.2) is 37.7 Å². The molecule has 0 N–H and O–H groups in total. The van der Waals surface area contributed by atoms with Crippen molar-refractivity contribution in [1.82, 2.24) is 9.97 Å². The van der Waals surface area contributed by atoms with Crippen LogP contribution in [0.2, 0.25) is 0 Å². The first-order valence-corrected chi connectivity index (χ1v) is 13.1. The third kappa shape index (κ3) is 6.72. The molecule has 10 heteroatoms. The van der Waals surface area contributed by atoms with E-state index in [9.17, 15) is 12.8 Å².